The molecule has 0 aliphatic carbocycles. The number of carbonyl (C=O) groups excluding carboxylic acids is 1. The molecule has 124 valence electrons. The average Bonchev–Trinajstić information content (AvgIpc) is 2.81. The molecule has 0 bridgehead atoms. The van der Waals surface area contributed by atoms with Gasteiger partial charge < -0.3 is 11.1 Å². The smallest absolute Gasteiger partial charge is 0.238 e. The van der Waals surface area contributed by atoms with Gasteiger partial charge in [-0.2, -0.15) is 0 Å². The van der Waals surface area contributed by atoms with Crippen molar-refractivity contribution in [2.75, 3.05) is 31.5 Å². The van der Waals surface area contributed by atoms with Crippen LogP contribution in [0.25, 0.3) is 0 Å². The number of nitrogens with two attached hydrogens (primary N) is 1. The second-order valence-electron chi connectivity index (χ2n) is 6.77. The van der Waals surface area contributed by atoms with Crippen LogP contribution in [0.4, 0.5) is 5.69 Å². The number of nitrogens with one attached hydrogen (secondary N) is 1. The molecule has 1 aromatic carbocycles. The lowest BCUT2D eigenvalue weighted by molar-refractivity contribution is -0.117. The third-order valence-corrected chi connectivity index (χ3v) is 4.35. The van der Waals surface area contributed by atoms with Crippen LogP contribution in [0.5, 0.6) is 0 Å². The normalized spacial score (nSPS) is 21.7. The van der Waals surface area contributed by atoms with Crippen LogP contribution in [-0.4, -0.2) is 37.0 Å². The van der Waals surface area contributed by atoms with Gasteiger partial charge in [0.25, 0.3) is 0 Å². The highest BCUT2D eigenvalue weighted by Crippen LogP contribution is 2.28. The van der Waals surface area contributed by atoms with Gasteiger partial charge in [-0.3, -0.25) is 9.69 Å². The lowest BCUT2D eigenvalue weighted by atomic mass is 9.90. The first-order valence-electron chi connectivity index (χ1n) is 7.75. The van der Waals surface area contributed by atoms with Gasteiger partial charge in [0.1, 0.15) is 0 Å². The monoisotopic (exact) mass is 325 g/mol. The standard InChI is InChI=1S/C17H27N3O.ClH/c1-13(2)14-6-4-5-7-15(14)19-16(21)10-20-9-8-17(3,11-18)12-20;/h4-7,13H,8-12,18H2,1-3H3,(H,19,21);1H. The summed E-state index contributed by atoms with van der Waals surface area (Å²) in [7, 11) is 0. The largest absolute Gasteiger partial charge is 0.330 e. The van der Waals surface area contributed by atoms with Gasteiger partial charge in [0, 0.05) is 12.2 Å². The molecule has 4 nitrogen and oxygen atoms in total. The van der Waals surface area contributed by atoms with Crippen LogP contribution in [-0.2, 0) is 4.79 Å². The Morgan fingerprint density at radius 2 is 2.09 bits per heavy atom. The molecule has 0 aromatic heterocycles. The Bertz CT molecular complexity index is 506. The summed E-state index contributed by atoms with van der Waals surface area (Å²) < 4.78 is 0. The molecule has 1 heterocycles. The van der Waals surface area contributed by atoms with E-state index in [4.69, 9.17) is 5.73 Å². The van der Waals surface area contributed by atoms with E-state index in [0.717, 1.165) is 25.2 Å². The fourth-order valence-corrected chi connectivity index (χ4v) is 2.93. The fraction of sp³-hybridized carbons (Fsp3) is 0.588. The number of para-hydroxylation sites is 1. The fourth-order valence-electron chi connectivity index (χ4n) is 2.93. The van der Waals surface area contributed by atoms with E-state index in [1.807, 2.05) is 18.2 Å². The molecule has 0 saturated carbocycles. The highest BCUT2D eigenvalue weighted by atomic mass is 35.5. The molecular formula is C17H28ClN3O. The van der Waals surface area contributed by atoms with Crippen LogP contribution in [0.3, 0.4) is 0 Å². The van der Waals surface area contributed by atoms with Crippen LogP contribution in [0.2, 0.25) is 0 Å². The van der Waals surface area contributed by atoms with Crippen molar-refractivity contribution in [1.82, 2.24) is 4.90 Å². The highest BCUT2D eigenvalue weighted by Gasteiger charge is 2.33. The summed E-state index contributed by atoms with van der Waals surface area (Å²) in [6, 6.07) is 8.02. The number of halogens is 1. The molecule has 22 heavy (non-hydrogen) atoms. The minimum Gasteiger partial charge on any atom is -0.330 e. The minimum absolute atomic E-state index is 0. The first-order chi connectivity index (χ1) is 9.93. The molecule has 5 heteroatoms. The Labute approximate surface area is 139 Å². The maximum Gasteiger partial charge on any atom is 0.238 e. The number of anilines is 1. The van der Waals surface area contributed by atoms with Gasteiger partial charge in [-0.15, -0.1) is 12.4 Å². The number of carbonyl (C=O) groups is 1. The summed E-state index contributed by atoms with van der Waals surface area (Å²) in [6.45, 7) is 9.45. The molecule has 1 aromatic rings. The molecule has 2 rings (SSSR count). The number of hydrogen-bond acceptors (Lipinski definition) is 3. The predicted molar refractivity (Wildman–Crippen MR) is 94.6 cm³/mol. The number of benzene rings is 1. The zero-order chi connectivity index (χ0) is 15.5. The van der Waals surface area contributed by atoms with Gasteiger partial charge >= 0.3 is 0 Å². The van der Waals surface area contributed by atoms with E-state index in [-0.39, 0.29) is 23.7 Å². The van der Waals surface area contributed by atoms with E-state index in [2.05, 4.69) is 37.1 Å². The van der Waals surface area contributed by atoms with E-state index in [9.17, 15) is 4.79 Å². The Kier molecular flexibility index (Phi) is 6.85. The van der Waals surface area contributed by atoms with Crippen molar-refractivity contribution in [3.8, 4) is 0 Å². The van der Waals surface area contributed by atoms with Gasteiger partial charge in [0.2, 0.25) is 5.91 Å². The number of likely N-dealkylation sites (tertiary alicyclic amines) is 1. The number of hydrogen-bond donors (Lipinski definition) is 2. The summed E-state index contributed by atoms with van der Waals surface area (Å²) in [5.74, 6) is 0.457. The van der Waals surface area contributed by atoms with Gasteiger partial charge in [-0.05, 0) is 42.5 Å². The molecule has 1 aliphatic rings. The van der Waals surface area contributed by atoms with Crippen molar-refractivity contribution < 1.29 is 4.79 Å². The third kappa shape index (κ3) is 4.70. The Hall–Kier alpha value is -1.10. The van der Waals surface area contributed by atoms with E-state index < -0.39 is 0 Å². The van der Waals surface area contributed by atoms with Gasteiger partial charge in [0.05, 0.1) is 6.54 Å². The SMILES string of the molecule is CC(C)c1ccccc1NC(=O)CN1CCC(C)(CN)C1.Cl. The Balaban J connectivity index is 0.00000242. The summed E-state index contributed by atoms with van der Waals surface area (Å²) in [5.41, 5.74) is 8.08. The van der Waals surface area contributed by atoms with Crippen molar-refractivity contribution in [1.29, 1.82) is 0 Å². The minimum atomic E-state index is 0. The van der Waals surface area contributed by atoms with E-state index in [0.29, 0.717) is 19.0 Å². The van der Waals surface area contributed by atoms with Gasteiger partial charge in [-0.1, -0.05) is 39.0 Å². The van der Waals surface area contributed by atoms with Gasteiger partial charge in [0.15, 0.2) is 0 Å². The summed E-state index contributed by atoms with van der Waals surface area (Å²) in [6.07, 6.45) is 1.07. The van der Waals surface area contributed by atoms with Crippen molar-refractivity contribution in [2.45, 2.75) is 33.1 Å². The lowest BCUT2D eigenvalue weighted by Gasteiger charge is -2.22. The summed E-state index contributed by atoms with van der Waals surface area (Å²) in [4.78, 5) is 14.5. The van der Waals surface area contributed by atoms with Crippen LogP contribution in [0.15, 0.2) is 24.3 Å². The first kappa shape index (κ1) is 18.9. The van der Waals surface area contributed by atoms with Crippen molar-refractivity contribution in [3.63, 3.8) is 0 Å². The van der Waals surface area contributed by atoms with Crippen LogP contribution < -0.4 is 11.1 Å². The Morgan fingerprint density at radius 3 is 2.68 bits per heavy atom. The summed E-state index contributed by atoms with van der Waals surface area (Å²) >= 11 is 0. The molecule has 0 radical (unpaired) electrons. The van der Waals surface area contributed by atoms with Gasteiger partial charge in [-0.25, -0.2) is 0 Å². The maximum atomic E-state index is 12.3. The zero-order valence-corrected chi connectivity index (χ0v) is 14.6. The zero-order valence-electron chi connectivity index (χ0n) is 13.8. The number of amides is 1. The van der Waals surface area contributed by atoms with E-state index >= 15 is 0 Å². The molecular weight excluding hydrogens is 298 g/mol. The second-order valence-corrected chi connectivity index (χ2v) is 6.77. The maximum absolute atomic E-state index is 12.3. The highest BCUT2D eigenvalue weighted by molar-refractivity contribution is 5.93. The van der Waals surface area contributed by atoms with Crippen LogP contribution >= 0.6 is 12.4 Å². The number of nitrogens with zero attached hydrogens (tertiary/aromatic N) is 1. The molecule has 3 N–H and O–H groups in total. The molecule has 0 spiro atoms. The molecule has 1 saturated heterocycles. The van der Waals surface area contributed by atoms with Crippen LogP contribution in [0.1, 0.15) is 38.7 Å². The Morgan fingerprint density at radius 1 is 1.41 bits per heavy atom. The van der Waals surface area contributed by atoms with Crippen LogP contribution in [0, 0.1) is 5.41 Å². The topological polar surface area (TPSA) is 58.4 Å². The molecule has 1 atom stereocenters. The first-order valence-corrected chi connectivity index (χ1v) is 7.75. The summed E-state index contributed by atoms with van der Waals surface area (Å²) in [5, 5.41) is 3.05. The molecule has 1 fully saturated rings. The second kappa shape index (κ2) is 7.95. The quantitative estimate of drug-likeness (QED) is 0.875. The lowest BCUT2D eigenvalue weighted by Crippen LogP contribution is -2.35. The molecule has 1 aliphatic heterocycles. The van der Waals surface area contributed by atoms with Crippen molar-refractivity contribution in [2.24, 2.45) is 11.1 Å². The third-order valence-electron chi connectivity index (χ3n) is 4.35. The average molecular weight is 326 g/mol. The van der Waals surface area contributed by atoms with E-state index in [1.165, 1.54) is 5.56 Å². The van der Waals surface area contributed by atoms with Crippen molar-refractivity contribution in [3.05, 3.63) is 29.8 Å². The molecule has 1 amide bonds. The molecule has 1 unspecified atom stereocenters. The number of rotatable bonds is 5. The van der Waals surface area contributed by atoms with Crippen molar-refractivity contribution >= 4 is 24.0 Å². The van der Waals surface area contributed by atoms with E-state index in [1.54, 1.807) is 0 Å². The predicted octanol–water partition coefficient (Wildman–Crippen LogP) is 2.84.